The fourth-order valence-corrected chi connectivity index (χ4v) is 12.1. The number of aromatic nitrogens is 2. The van der Waals surface area contributed by atoms with Gasteiger partial charge in [0.1, 0.15) is 5.82 Å². The van der Waals surface area contributed by atoms with E-state index in [1.807, 2.05) is 0 Å². The number of aryl methyl sites for hydroxylation is 1. The van der Waals surface area contributed by atoms with Crippen molar-refractivity contribution in [3.05, 3.63) is 243 Å². The number of hydrogen-bond donors (Lipinski definition) is 0. The van der Waals surface area contributed by atoms with Gasteiger partial charge in [-0.15, -0.1) is 0 Å². The lowest BCUT2D eigenvalue weighted by Crippen LogP contribution is -2.12. The molecular formula is C70H32F22N4. The van der Waals surface area contributed by atoms with Gasteiger partial charge in [-0.1, -0.05) is 90.5 Å². The van der Waals surface area contributed by atoms with Crippen molar-refractivity contribution < 1.29 is 96.6 Å². The van der Waals surface area contributed by atoms with E-state index < -0.39 is 155 Å². The smallest absolute Gasteiger partial charge is 0.308 e. The summed E-state index contributed by atoms with van der Waals surface area (Å²) in [6, 6.07) is 25.2. The number of halogens is 22. The number of nitrogens with zero attached hydrogens (tertiary/aromatic N) is 4. The van der Waals surface area contributed by atoms with E-state index >= 15 is 39.5 Å². The summed E-state index contributed by atoms with van der Waals surface area (Å²) in [7, 11) is 0. The van der Waals surface area contributed by atoms with E-state index in [-0.39, 0.29) is 78.5 Å². The molecule has 0 aliphatic rings. The molecule has 0 spiro atoms. The Morgan fingerprint density at radius 2 is 0.656 bits per heavy atom. The lowest BCUT2D eigenvalue weighted by atomic mass is 9.95. The molecule has 12 rings (SSSR count). The summed E-state index contributed by atoms with van der Waals surface area (Å²) < 4.78 is 326. The third kappa shape index (κ3) is 11.6. The van der Waals surface area contributed by atoms with E-state index in [4.69, 9.17) is 6.57 Å². The molecule has 10 aromatic carbocycles. The number of rotatable bonds is 7. The number of benzene rings is 10. The minimum Gasteiger partial charge on any atom is -0.308 e. The Hall–Kier alpha value is -10.8. The Morgan fingerprint density at radius 3 is 1.01 bits per heavy atom. The highest BCUT2D eigenvalue weighted by atomic mass is 19.4. The van der Waals surface area contributed by atoms with Crippen LogP contribution in [-0.4, -0.2) is 9.13 Å². The average molecular weight is 1350 g/mol. The molecule has 0 bridgehead atoms. The van der Waals surface area contributed by atoms with Crippen LogP contribution in [0, 0.1) is 30.6 Å². The van der Waals surface area contributed by atoms with Crippen LogP contribution < -0.4 is 0 Å². The highest BCUT2D eigenvalue weighted by Gasteiger charge is 2.42. The molecule has 0 fully saturated rings. The van der Waals surface area contributed by atoms with Crippen molar-refractivity contribution in [2.45, 2.75) is 50.2 Å². The third-order valence-corrected chi connectivity index (χ3v) is 16.3. The summed E-state index contributed by atoms with van der Waals surface area (Å²) in [5, 5.41) is 10.5. The molecule has 0 N–H and O–H groups in total. The van der Waals surface area contributed by atoms with Crippen LogP contribution in [0.25, 0.3) is 115 Å². The Balaban J connectivity index is 1.31. The van der Waals surface area contributed by atoms with Crippen LogP contribution in [0.15, 0.2) is 176 Å². The predicted molar refractivity (Wildman–Crippen MR) is 313 cm³/mol. The van der Waals surface area contributed by atoms with E-state index in [1.165, 1.54) is 47.9 Å². The van der Waals surface area contributed by atoms with Gasteiger partial charge in [-0.2, -0.15) is 97.5 Å². The Labute approximate surface area is 525 Å². The first-order chi connectivity index (χ1) is 44.7. The highest BCUT2D eigenvalue weighted by Crippen LogP contribution is 2.51. The van der Waals surface area contributed by atoms with Crippen molar-refractivity contribution in [1.82, 2.24) is 9.13 Å². The first-order valence-electron chi connectivity index (χ1n) is 27.7. The van der Waals surface area contributed by atoms with Gasteiger partial charge in [-0.3, -0.25) is 0 Å². The maximum Gasteiger partial charge on any atom is 0.417 e. The lowest BCUT2D eigenvalue weighted by Gasteiger charge is -2.21. The minimum atomic E-state index is -5.55. The molecule has 0 saturated carbocycles. The van der Waals surface area contributed by atoms with Gasteiger partial charge in [0.2, 0.25) is 0 Å². The van der Waals surface area contributed by atoms with Gasteiger partial charge in [-0.25, -0.2) is 9.24 Å². The maximum atomic E-state index is 15.1. The molecule has 486 valence electrons. The van der Waals surface area contributed by atoms with E-state index in [2.05, 4.69) is 4.85 Å². The van der Waals surface area contributed by atoms with Crippen molar-refractivity contribution in [2.24, 2.45) is 0 Å². The van der Waals surface area contributed by atoms with Gasteiger partial charge in [0.25, 0.3) is 0 Å². The Bertz CT molecular complexity index is 5050. The molecular weight excluding hydrogens is 1310 g/mol. The molecule has 0 radical (unpaired) electrons. The zero-order chi connectivity index (χ0) is 69.5. The molecule has 0 atom stereocenters. The van der Waals surface area contributed by atoms with Gasteiger partial charge in [0.15, 0.2) is 5.69 Å². The van der Waals surface area contributed by atoms with Gasteiger partial charge < -0.3 is 9.13 Å². The Morgan fingerprint density at radius 1 is 0.333 bits per heavy atom. The summed E-state index contributed by atoms with van der Waals surface area (Å²) >= 11 is 0. The van der Waals surface area contributed by atoms with Crippen LogP contribution in [0.2, 0.25) is 0 Å². The van der Waals surface area contributed by atoms with Crippen molar-refractivity contribution in [2.75, 3.05) is 0 Å². The number of fused-ring (bicyclic) bond motifs is 6. The molecule has 96 heavy (non-hydrogen) atoms. The van der Waals surface area contributed by atoms with Gasteiger partial charge >= 0.3 is 43.2 Å². The maximum absolute atomic E-state index is 15.1. The van der Waals surface area contributed by atoms with Crippen LogP contribution in [0.3, 0.4) is 0 Å². The molecule has 2 aromatic heterocycles. The molecule has 0 amide bonds. The molecule has 26 heteroatoms. The quantitative estimate of drug-likeness (QED) is 0.116. The highest BCUT2D eigenvalue weighted by molar-refractivity contribution is 6.14. The fourth-order valence-electron chi connectivity index (χ4n) is 12.1. The summed E-state index contributed by atoms with van der Waals surface area (Å²) in [6.45, 7) is 9.99. The van der Waals surface area contributed by atoms with Crippen LogP contribution in [0.4, 0.5) is 102 Å². The van der Waals surface area contributed by atoms with Gasteiger partial charge in [0.05, 0.1) is 90.6 Å². The van der Waals surface area contributed by atoms with Crippen molar-refractivity contribution in [3.63, 3.8) is 0 Å². The molecule has 0 unspecified atom stereocenters. The van der Waals surface area contributed by atoms with Crippen molar-refractivity contribution in [1.29, 1.82) is 5.26 Å². The molecule has 0 aliphatic carbocycles. The summed E-state index contributed by atoms with van der Waals surface area (Å²) in [5.74, 6) is -1.33. The van der Waals surface area contributed by atoms with E-state index in [0.29, 0.717) is 42.5 Å². The molecule has 4 nitrogen and oxygen atoms in total. The fraction of sp³-hybridized carbons (Fsp3) is 0.114. The Kier molecular flexibility index (Phi) is 15.3. The first kappa shape index (κ1) is 65.3. The summed E-state index contributed by atoms with van der Waals surface area (Å²) in [5.41, 5.74) is -20.0. The summed E-state index contributed by atoms with van der Waals surface area (Å²) in [4.78, 5) is 3.65. The first-order valence-corrected chi connectivity index (χ1v) is 27.7. The van der Waals surface area contributed by atoms with Crippen LogP contribution >= 0.6 is 0 Å². The topological polar surface area (TPSA) is 38.0 Å². The largest absolute Gasteiger partial charge is 0.417 e. The zero-order valence-corrected chi connectivity index (χ0v) is 47.8. The monoisotopic (exact) mass is 1350 g/mol. The van der Waals surface area contributed by atoms with Crippen molar-refractivity contribution >= 4 is 49.3 Å². The van der Waals surface area contributed by atoms with Gasteiger partial charge in [0, 0.05) is 21.5 Å². The summed E-state index contributed by atoms with van der Waals surface area (Å²) in [6.07, 6.45) is -37.2. The second-order valence-corrected chi connectivity index (χ2v) is 22.2. The van der Waals surface area contributed by atoms with Crippen LogP contribution in [0.5, 0.6) is 0 Å². The lowest BCUT2D eigenvalue weighted by molar-refractivity contribution is -0.144. The number of alkyl halides is 21. The molecule has 0 aliphatic heterocycles. The third-order valence-electron chi connectivity index (χ3n) is 16.3. The average Bonchev–Trinajstić information content (AvgIpc) is 1.54. The number of hydrogen-bond acceptors (Lipinski definition) is 1. The van der Waals surface area contributed by atoms with Crippen LogP contribution in [-0.2, 0) is 43.2 Å². The SMILES string of the molecule is [C-]#[N+]c1cc(-n2c3cc(-c4ccc(C)cc4C(F)(F)F)ccc3c3ccc(-c4ccc(F)cc4C(F)(F)F)cc32)c(-n2c3cc(-c4ccc(C(F)(F)F)cc4C(F)(F)F)ccc3c3ccc(-c4ccc(C(F)(F)F)cc4C(F)(F)F)cc32)cc1-c1ccc(C(F)(F)F)cc1C#N. The number of nitriles is 1. The van der Waals surface area contributed by atoms with E-state index in [1.54, 1.807) is 6.07 Å². The minimum absolute atomic E-state index is 0.0561. The normalized spacial score (nSPS) is 12.9. The van der Waals surface area contributed by atoms with E-state index in [9.17, 15) is 62.3 Å². The van der Waals surface area contributed by atoms with Gasteiger partial charge in [-0.05, 0) is 154 Å². The van der Waals surface area contributed by atoms with Crippen LogP contribution in [0.1, 0.15) is 50.1 Å². The molecule has 0 saturated heterocycles. The second kappa shape index (κ2) is 22.5. The molecule has 12 aromatic rings. The zero-order valence-electron chi connectivity index (χ0n) is 47.8. The predicted octanol–water partition coefficient (Wildman–Crippen LogP) is 24.2. The molecule has 2 heterocycles. The van der Waals surface area contributed by atoms with Crippen molar-refractivity contribution in [3.8, 4) is 73.1 Å². The second-order valence-electron chi connectivity index (χ2n) is 22.2. The van der Waals surface area contributed by atoms with E-state index in [0.717, 1.165) is 83.4 Å². The standard InChI is InChI=1S/C70H32F22N4/c1-33-3-12-44(53(21-33)67(81,82)83)34-4-13-50-51-16-7-37(47-20-11-42(71)29-56(47)70(90,91)92)26-61(51)96(60(50)23-34)63-31-57(94-2)52(43-17-8-39(64(72,73)74)22-38(43)32-93)30-62(63)95-58-24-35(45-18-9-40(65(75,76)77)27-54(45)68(84,85)86)5-14-48(58)49-15-6-36(25-59(49)95)46-19-10-41(66(78,79)80)28-55(46)69(87,88)89/h3-31H,1H3.